The molecular formula is C10H8FNO2S. The minimum absolute atomic E-state index is 0.263. The molecule has 3 nitrogen and oxygen atoms in total. The van der Waals surface area contributed by atoms with Crippen LogP contribution in [0.2, 0.25) is 0 Å². The highest BCUT2D eigenvalue weighted by atomic mass is 32.2. The Morgan fingerprint density at radius 1 is 1.47 bits per heavy atom. The Labute approximate surface area is 88.5 Å². The molecule has 1 aliphatic rings. The maximum atomic E-state index is 12.8. The van der Waals surface area contributed by atoms with Crippen molar-refractivity contribution in [2.75, 3.05) is 6.26 Å². The molecule has 0 aromatic heterocycles. The van der Waals surface area contributed by atoms with Gasteiger partial charge in [-0.1, -0.05) is 0 Å². The normalized spacial score (nSPS) is 21.2. The molecule has 0 amide bonds. The lowest BCUT2D eigenvalue weighted by molar-refractivity contribution is 0.100. The smallest absolute Gasteiger partial charge is 0.185 e. The molecule has 0 saturated heterocycles. The number of halogens is 1. The summed E-state index contributed by atoms with van der Waals surface area (Å²) in [5.74, 6) is -0.699. The third-order valence-corrected chi connectivity index (χ3v) is 3.24. The number of rotatable bonds is 1. The van der Waals surface area contributed by atoms with Crippen molar-refractivity contribution in [2.45, 2.75) is 5.25 Å². The van der Waals surface area contributed by atoms with Crippen LogP contribution in [-0.2, 0) is 10.8 Å². The van der Waals surface area contributed by atoms with Gasteiger partial charge in [0.25, 0.3) is 0 Å². The first-order valence-corrected chi connectivity index (χ1v) is 5.92. The molecule has 15 heavy (non-hydrogen) atoms. The number of hydrogen-bond donors (Lipinski definition) is 0. The predicted octanol–water partition coefficient (Wildman–Crippen LogP) is 1.47. The van der Waals surface area contributed by atoms with Crippen molar-refractivity contribution in [3.8, 4) is 0 Å². The van der Waals surface area contributed by atoms with Crippen LogP contribution in [-0.4, -0.2) is 27.7 Å². The van der Waals surface area contributed by atoms with Crippen molar-refractivity contribution < 1.29 is 13.4 Å². The quantitative estimate of drug-likeness (QED) is 0.726. The number of ketones is 1. The molecule has 1 heterocycles. The van der Waals surface area contributed by atoms with Gasteiger partial charge >= 0.3 is 0 Å². The van der Waals surface area contributed by atoms with Crippen LogP contribution in [0, 0.1) is 5.82 Å². The van der Waals surface area contributed by atoms with Gasteiger partial charge in [0.2, 0.25) is 0 Å². The summed E-state index contributed by atoms with van der Waals surface area (Å²) < 4.78 is 24.0. The zero-order chi connectivity index (χ0) is 11.0. The number of benzene rings is 1. The molecule has 0 fully saturated rings. The Bertz CT molecular complexity index is 484. The predicted molar refractivity (Wildman–Crippen MR) is 56.7 cm³/mol. The summed E-state index contributed by atoms with van der Waals surface area (Å²) in [6, 6.07) is 3.77. The number of hydrogen-bond acceptors (Lipinski definition) is 3. The summed E-state index contributed by atoms with van der Waals surface area (Å²) in [7, 11) is -1.29. The highest BCUT2D eigenvalue weighted by Crippen LogP contribution is 2.25. The van der Waals surface area contributed by atoms with Crippen molar-refractivity contribution in [3.05, 3.63) is 29.6 Å². The molecular weight excluding hydrogens is 217 g/mol. The number of nitrogens with zero attached hydrogens (tertiary/aromatic N) is 1. The second-order valence-corrected chi connectivity index (χ2v) is 4.73. The van der Waals surface area contributed by atoms with Crippen LogP contribution in [0.1, 0.15) is 10.4 Å². The maximum Gasteiger partial charge on any atom is 0.185 e. The average Bonchev–Trinajstić information content (AvgIpc) is 2.17. The molecule has 0 radical (unpaired) electrons. The van der Waals surface area contributed by atoms with E-state index in [1.54, 1.807) is 0 Å². The summed E-state index contributed by atoms with van der Waals surface area (Å²) in [5.41, 5.74) is 0.640. The van der Waals surface area contributed by atoms with Crippen molar-refractivity contribution >= 4 is 28.5 Å². The third-order valence-electron chi connectivity index (χ3n) is 2.19. The second-order valence-electron chi connectivity index (χ2n) is 3.22. The maximum absolute atomic E-state index is 12.8. The Balaban J connectivity index is 2.51. The summed E-state index contributed by atoms with van der Waals surface area (Å²) in [6.07, 6.45) is 2.77. The third kappa shape index (κ3) is 1.74. The van der Waals surface area contributed by atoms with Crippen LogP contribution in [0.15, 0.2) is 23.2 Å². The summed E-state index contributed by atoms with van der Waals surface area (Å²) in [5, 5.41) is -0.706. The van der Waals surface area contributed by atoms with Gasteiger partial charge in [-0.05, 0) is 12.1 Å². The van der Waals surface area contributed by atoms with E-state index in [0.717, 1.165) is 0 Å². The highest BCUT2D eigenvalue weighted by molar-refractivity contribution is 7.86. The van der Waals surface area contributed by atoms with Gasteiger partial charge in [0.1, 0.15) is 11.1 Å². The molecule has 1 aliphatic heterocycles. The molecule has 0 spiro atoms. The van der Waals surface area contributed by atoms with Gasteiger partial charge < -0.3 is 0 Å². The van der Waals surface area contributed by atoms with Crippen molar-refractivity contribution in [2.24, 2.45) is 4.99 Å². The fourth-order valence-electron chi connectivity index (χ4n) is 1.43. The lowest BCUT2D eigenvalue weighted by Gasteiger charge is -2.14. The number of fused-ring (bicyclic) bond motifs is 1. The molecule has 0 bridgehead atoms. The second kappa shape index (κ2) is 3.66. The lowest BCUT2D eigenvalue weighted by atomic mass is 10.0. The number of carbonyl (C=O) groups excluding carboxylic acids is 1. The summed E-state index contributed by atoms with van der Waals surface area (Å²) >= 11 is 0. The monoisotopic (exact) mass is 225 g/mol. The zero-order valence-corrected chi connectivity index (χ0v) is 8.75. The minimum atomic E-state index is -1.29. The van der Waals surface area contributed by atoms with Crippen LogP contribution in [0.4, 0.5) is 10.1 Å². The SMILES string of the molecule is CS(=O)C1C=Nc2cc(F)ccc2C1=O. The van der Waals surface area contributed by atoms with Crippen LogP contribution in [0.25, 0.3) is 0 Å². The standard InChI is InChI=1S/C10H8FNO2S/c1-15(14)9-5-12-8-4-6(11)2-3-7(8)10(9)13/h2-5,9H,1H3. The molecule has 1 aromatic rings. The Kier molecular flexibility index (Phi) is 2.48. The van der Waals surface area contributed by atoms with Gasteiger partial charge in [0, 0.05) is 34.9 Å². The Morgan fingerprint density at radius 3 is 2.87 bits per heavy atom. The zero-order valence-electron chi connectivity index (χ0n) is 7.94. The van der Waals surface area contributed by atoms with Gasteiger partial charge in [-0.15, -0.1) is 0 Å². The molecule has 2 atom stereocenters. The number of carbonyl (C=O) groups is 1. The topological polar surface area (TPSA) is 46.5 Å². The van der Waals surface area contributed by atoms with Crippen molar-refractivity contribution in [3.63, 3.8) is 0 Å². The van der Waals surface area contributed by atoms with Gasteiger partial charge in [0.05, 0.1) is 5.69 Å². The van der Waals surface area contributed by atoms with E-state index in [2.05, 4.69) is 4.99 Å². The van der Waals surface area contributed by atoms with Crippen LogP contribution >= 0.6 is 0 Å². The molecule has 2 unspecified atom stereocenters. The van der Waals surface area contributed by atoms with E-state index >= 15 is 0 Å². The first kappa shape index (κ1) is 10.2. The lowest BCUT2D eigenvalue weighted by Crippen LogP contribution is -2.29. The Hall–Kier alpha value is -1.36. The van der Waals surface area contributed by atoms with Crippen molar-refractivity contribution in [1.29, 1.82) is 0 Å². The highest BCUT2D eigenvalue weighted by Gasteiger charge is 2.27. The van der Waals surface area contributed by atoms with Gasteiger partial charge in [-0.2, -0.15) is 0 Å². The summed E-state index contributed by atoms with van der Waals surface area (Å²) in [4.78, 5) is 15.7. The molecule has 78 valence electrons. The molecule has 0 N–H and O–H groups in total. The first-order chi connectivity index (χ1) is 7.09. The average molecular weight is 225 g/mol. The Morgan fingerprint density at radius 2 is 2.20 bits per heavy atom. The minimum Gasteiger partial charge on any atom is -0.292 e. The molecule has 5 heteroatoms. The summed E-state index contributed by atoms with van der Waals surface area (Å²) in [6.45, 7) is 0. The largest absolute Gasteiger partial charge is 0.292 e. The fourth-order valence-corrected chi connectivity index (χ4v) is 2.09. The van der Waals surface area contributed by atoms with Crippen LogP contribution in [0.5, 0.6) is 0 Å². The van der Waals surface area contributed by atoms with Crippen LogP contribution < -0.4 is 0 Å². The first-order valence-electron chi connectivity index (χ1n) is 4.30. The number of aliphatic imine (C=N–C) groups is 1. The van der Waals surface area contributed by atoms with E-state index in [0.29, 0.717) is 11.3 Å². The molecule has 0 aliphatic carbocycles. The van der Waals surface area contributed by atoms with E-state index in [-0.39, 0.29) is 5.78 Å². The van der Waals surface area contributed by atoms with E-state index in [1.165, 1.54) is 30.7 Å². The fraction of sp³-hybridized carbons (Fsp3) is 0.200. The molecule has 2 rings (SSSR count). The molecule has 1 aromatic carbocycles. The number of Topliss-reactive ketones (excluding diaryl/α,β-unsaturated/α-hetero) is 1. The van der Waals surface area contributed by atoms with Gasteiger partial charge in [0.15, 0.2) is 5.78 Å². The van der Waals surface area contributed by atoms with Crippen molar-refractivity contribution in [1.82, 2.24) is 0 Å². The van der Waals surface area contributed by atoms with Gasteiger partial charge in [-0.3, -0.25) is 14.0 Å². The van der Waals surface area contributed by atoms with Gasteiger partial charge in [-0.25, -0.2) is 4.39 Å². The van der Waals surface area contributed by atoms with E-state index in [4.69, 9.17) is 0 Å². The van der Waals surface area contributed by atoms with E-state index in [1.807, 2.05) is 0 Å². The molecule has 0 saturated carbocycles. The van der Waals surface area contributed by atoms with E-state index < -0.39 is 21.9 Å². The van der Waals surface area contributed by atoms with E-state index in [9.17, 15) is 13.4 Å². The van der Waals surface area contributed by atoms with Crippen LogP contribution in [0.3, 0.4) is 0 Å².